The molecule has 0 radical (unpaired) electrons. The number of phenolic OH excluding ortho intramolecular Hbond substituents is 2. The van der Waals surface area contributed by atoms with E-state index in [1.807, 2.05) is 83.1 Å². The Kier molecular flexibility index (Phi) is 18.8. The summed E-state index contributed by atoms with van der Waals surface area (Å²) in [7, 11) is 0. The summed E-state index contributed by atoms with van der Waals surface area (Å²) < 4.78 is 0. The number of halogens is 2. The molecule has 7 rings (SSSR count). The molecule has 9 N–H and O–H groups in total. The monoisotopic (exact) mass is 996 g/mol. The number of benzene rings is 4. The van der Waals surface area contributed by atoms with Gasteiger partial charge in [0.25, 0.3) is 5.56 Å². The number of carbonyl (C=O) groups excluding carboxylic acids is 4. The number of aromatic hydroxyl groups is 2. The van der Waals surface area contributed by atoms with Crippen molar-refractivity contribution in [3.05, 3.63) is 156 Å². The predicted octanol–water partition coefficient (Wildman–Crippen LogP) is 4.71. The zero-order valence-corrected chi connectivity index (χ0v) is 42.1. The van der Waals surface area contributed by atoms with Crippen molar-refractivity contribution in [3.8, 4) is 11.5 Å². The lowest BCUT2D eigenvalue weighted by Crippen LogP contribution is -2.57. The second kappa shape index (κ2) is 24.0. The normalized spacial score (nSPS) is 15.9. The molecule has 374 valence electrons. The highest BCUT2D eigenvalue weighted by Gasteiger charge is 2.38. The first-order valence-electron chi connectivity index (χ1n) is 23.5. The van der Waals surface area contributed by atoms with Gasteiger partial charge in [-0.15, -0.1) is 24.8 Å². The second-order valence-corrected chi connectivity index (χ2v) is 18.5. The summed E-state index contributed by atoms with van der Waals surface area (Å²) in [6, 6.07) is 18.8. The number of phenols is 2. The first-order chi connectivity index (χ1) is 32.5. The summed E-state index contributed by atoms with van der Waals surface area (Å²) in [6.45, 7) is 10.3. The first-order valence-corrected chi connectivity index (χ1v) is 23.5. The highest BCUT2D eigenvalue weighted by Crippen LogP contribution is 2.28. The summed E-state index contributed by atoms with van der Waals surface area (Å²) >= 11 is 0. The van der Waals surface area contributed by atoms with Gasteiger partial charge in [0.2, 0.25) is 23.6 Å². The van der Waals surface area contributed by atoms with Crippen LogP contribution in [0, 0.1) is 34.6 Å². The highest BCUT2D eigenvalue weighted by molar-refractivity contribution is 5.91. The Hall–Kier alpha value is -6.26. The topological polar surface area (TPSA) is 237 Å². The molecule has 0 saturated carbocycles. The van der Waals surface area contributed by atoms with Crippen LogP contribution in [0.5, 0.6) is 11.5 Å². The number of rotatable bonds is 16. The van der Waals surface area contributed by atoms with E-state index in [9.17, 15) is 34.2 Å². The third-order valence-electron chi connectivity index (χ3n) is 13.6. The Morgan fingerprint density at radius 2 is 1.07 bits per heavy atom. The van der Waals surface area contributed by atoms with E-state index in [1.54, 1.807) is 34.1 Å². The SMILES string of the molecule is Cc1cc(O)cc(C)c1C[C@H](N)C(=O)N1Cc2ccccc2C[C@H]1C(=O)NCCCCc1[nH]c(=O)c(CCNC(=O)[C@@H]2Cc3ccccc3CN2C(=O)[C@@H](N)Cc2c(C)cc(O)cc2C)nc1C.Cl.Cl. The van der Waals surface area contributed by atoms with Gasteiger partial charge in [0.15, 0.2) is 0 Å². The summed E-state index contributed by atoms with van der Waals surface area (Å²) in [5.74, 6) is -0.958. The Balaban J connectivity index is 0.00000456. The summed E-state index contributed by atoms with van der Waals surface area (Å²) in [5, 5.41) is 26.0. The zero-order valence-electron chi connectivity index (χ0n) is 40.5. The van der Waals surface area contributed by atoms with Gasteiger partial charge in [0, 0.05) is 51.1 Å². The van der Waals surface area contributed by atoms with Crippen LogP contribution in [-0.2, 0) is 70.8 Å². The molecule has 0 saturated heterocycles. The van der Waals surface area contributed by atoms with Crippen molar-refractivity contribution in [1.29, 1.82) is 0 Å². The van der Waals surface area contributed by atoms with Crippen LogP contribution in [0.3, 0.4) is 0 Å². The number of aryl methyl sites for hydroxylation is 6. The van der Waals surface area contributed by atoms with Gasteiger partial charge in [0.05, 0.1) is 17.8 Å². The van der Waals surface area contributed by atoms with Gasteiger partial charge in [0.1, 0.15) is 29.3 Å². The van der Waals surface area contributed by atoms with Gasteiger partial charge in [-0.3, -0.25) is 29.0 Å². The molecule has 0 aliphatic carbocycles. The molecular formula is C53H66Cl2N8O7. The van der Waals surface area contributed by atoms with Crippen molar-refractivity contribution in [2.45, 2.75) is 123 Å². The highest BCUT2D eigenvalue weighted by atomic mass is 35.5. The number of aromatic amines is 1. The van der Waals surface area contributed by atoms with Crippen molar-refractivity contribution in [1.82, 2.24) is 30.4 Å². The fourth-order valence-electron chi connectivity index (χ4n) is 9.81. The van der Waals surface area contributed by atoms with Crippen LogP contribution in [0.1, 0.15) is 85.6 Å². The van der Waals surface area contributed by atoms with E-state index in [1.165, 1.54) is 0 Å². The van der Waals surface area contributed by atoms with E-state index in [4.69, 9.17) is 11.5 Å². The summed E-state index contributed by atoms with van der Waals surface area (Å²) in [4.78, 5) is 79.5. The minimum atomic E-state index is -0.910. The number of nitrogens with two attached hydrogens (primary N) is 2. The minimum absolute atomic E-state index is 0. The Morgan fingerprint density at radius 1 is 0.657 bits per heavy atom. The smallest absolute Gasteiger partial charge is 0.269 e. The van der Waals surface area contributed by atoms with Crippen LogP contribution in [0.4, 0.5) is 0 Å². The average Bonchev–Trinajstić information content (AvgIpc) is 3.30. The number of nitrogens with zero attached hydrogens (tertiary/aromatic N) is 3. The fourth-order valence-corrected chi connectivity index (χ4v) is 9.81. The van der Waals surface area contributed by atoms with E-state index >= 15 is 0 Å². The number of H-pyrrole nitrogens is 1. The van der Waals surface area contributed by atoms with Gasteiger partial charge in [-0.25, -0.2) is 0 Å². The number of carbonyl (C=O) groups is 4. The number of unbranched alkanes of at least 4 members (excludes halogenated alkanes) is 1. The maximum atomic E-state index is 14.0. The van der Waals surface area contributed by atoms with Crippen LogP contribution >= 0.6 is 24.8 Å². The lowest BCUT2D eigenvalue weighted by molar-refractivity contribution is -0.142. The Bertz CT molecular complexity index is 2740. The number of hydrogen-bond donors (Lipinski definition) is 7. The van der Waals surface area contributed by atoms with Crippen LogP contribution in [-0.4, -0.2) is 90.9 Å². The van der Waals surface area contributed by atoms with Gasteiger partial charge in [-0.2, -0.15) is 0 Å². The molecule has 0 bridgehead atoms. The molecule has 4 aromatic carbocycles. The molecule has 70 heavy (non-hydrogen) atoms. The maximum absolute atomic E-state index is 14.0. The molecule has 3 heterocycles. The fraction of sp³-hybridized carbons (Fsp3) is 0.396. The summed E-state index contributed by atoms with van der Waals surface area (Å²) in [6.07, 6.45) is 3.17. The molecule has 5 aromatic rings. The van der Waals surface area contributed by atoms with Crippen molar-refractivity contribution < 1.29 is 29.4 Å². The third-order valence-corrected chi connectivity index (χ3v) is 13.6. The van der Waals surface area contributed by atoms with Gasteiger partial charge in [-0.05, 0) is 147 Å². The Labute approximate surface area is 421 Å². The van der Waals surface area contributed by atoms with Crippen LogP contribution in [0.15, 0.2) is 77.6 Å². The molecule has 1 aromatic heterocycles. The average molecular weight is 998 g/mol. The zero-order chi connectivity index (χ0) is 48.8. The summed E-state index contributed by atoms with van der Waals surface area (Å²) in [5.41, 5.74) is 23.4. The third kappa shape index (κ3) is 12.7. The van der Waals surface area contributed by atoms with Gasteiger partial charge < -0.3 is 47.1 Å². The first kappa shape index (κ1) is 54.7. The van der Waals surface area contributed by atoms with Gasteiger partial charge in [-0.1, -0.05) is 48.5 Å². The molecule has 17 heteroatoms. The second-order valence-electron chi connectivity index (χ2n) is 18.5. The van der Waals surface area contributed by atoms with E-state index in [0.717, 1.165) is 55.6 Å². The quantitative estimate of drug-likeness (QED) is 0.0673. The number of nitrogens with one attached hydrogen (secondary N) is 3. The number of aromatic nitrogens is 2. The standard InChI is InChI=1S/C53H64N8O7.2ClH/c1-30-20-39(62)21-31(2)41(30)26-43(54)52(67)60-28-37-14-8-6-12-35(37)24-47(60)50(65)56-18-11-10-16-45-34(5)58-46(49(64)59-45)17-19-57-51(66)48-25-36-13-7-9-15-38(36)29-61(48)53(68)44(55)27-42-32(3)22-40(63)23-33(42)4;;/h6-9,12-15,20-23,43-44,47-48,62-63H,10-11,16-19,24-29,54-55H2,1-5H3,(H,56,65)(H,57,66)(H,59,64);2*1H/t43-,44-,47-,48-;;/m0../s1. The largest absolute Gasteiger partial charge is 0.508 e. The van der Waals surface area contributed by atoms with E-state index in [-0.39, 0.29) is 110 Å². The number of hydrogen-bond acceptors (Lipinski definition) is 10. The molecule has 0 fully saturated rings. The molecule has 4 amide bonds. The molecular weight excluding hydrogens is 932 g/mol. The minimum Gasteiger partial charge on any atom is -0.508 e. The lowest BCUT2D eigenvalue weighted by atomic mass is 9.91. The van der Waals surface area contributed by atoms with Crippen LogP contribution < -0.4 is 27.7 Å². The lowest BCUT2D eigenvalue weighted by Gasteiger charge is -2.37. The Morgan fingerprint density at radius 3 is 1.51 bits per heavy atom. The maximum Gasteiger partial charge on any atom is 0.269 e. The van der Waals surface area contributed by atoms with Crippen LogP contribution in [0.2, 0.25) is 0 Å². The van der Waals surface area contributed by atoms with Crippen molar-refractivity contribution in [2.75, 3.05) is 13.1 Å². The molecule has 2 aliphatic heterocycles. The van der Waals surface area contributed by atoms with Crippen molar-refractivity contribution in [3.63, 3.8) is 0 Å². The molecule has 0 unspecified atom stereocenters. The van der Waals surface area contributed by atoms with Crippen molar-refractivity contribution >= 4 is 48.4 Å². The van der Waals surface area contributed by atoms with E-state index in [0.29, 0.717) is 50.0 Å². The van der Waals surface area contributed by atoms with Crippen LogP contribution in [0.25, 0.3) is 0 Å². The molecule has 15 nitrogen and oxygen atoms in total. The molecule has 4 atom stereocenters. The number of fused-ring (bicyclic) bond motifs is 2. The van der Waals surface area contributed by atoms with E-state index < -0.39 is 24.2 Å². The van der Waals surface area contributed by atoms with Gasteiger partial charge >= 0.3 is 0 Å². The molecule has 0 spiro atoms. The van der Waals surface area contributed by atoms with E-state index in [2.05, 4.69) is 20.6 Å². The number of amides is 4. The predicted molar refractivity (Wildman–Crippen MR) is 274 cm³/mol. The molecule has 2 aliphatic rings. The van der Waals surface area contributed by atoms with Crippen molar-refractivity contribution in [2.24, 2.45) is 11.5 Å².